The molecule has 1 aromatic rings. The van der Waals surface area contributed by atoms with Crippen molar-refractivity contribution in [1.82, 2.24) is 15.3 Å². The second-order valence-electron chi connectivity index (χ2n) is 4.72. The van der Waals surface area contributed by atoms with Crippen LogP contribution in [0.4, 0.5) is 0 Å². The monoisotopic (exact) mass is 221 g/mol. The summed E-state index contributed by atoms with van der Waals surface area (Å²) in [5, 5.41) is 3.43. The molecule has 1 aliphatic rings. The van der Waals surface area contributed by atoms with Crippen LogP contribution < -0.4 is 11.0 Å². The molecule has 1 unspecified atom stereocenters. The highest BCUT2D eigenvalue weighted by molar-refractivity contribution is 5.15. The molecule has 0 aliphatic carbocycles. The molecular weight excluding hydrogens is 202 g/mol. The number of nitrogens with one attached hydrogen (secondary N) is 2. The van der Waals surface area contributed by atoms with Crippen molar-refractivity contribution in [2.24, 2.45) is 0 Å². The summed E-state index contributed by atoms with van der Waals surface area (Å²) in [5.74, 6) is 0.296. The van der Waals surface area contributed by atoms with Crippen molar-refractivity contribution in [3.63, 3.8) is 0 Å². The van der Waals surface area contributed by atoms with E-state index < -0.39 is 0 Å². The van der Waals surface area contributed by atoms with Crippen molar-refractivity contribution in [2.45, 2.75) is 45.1 Å². The van der Waals surface area contributed by atoms with E-state index in [0.717, 1.165) is 24.4 Å². The Morgan fingerprint density at radius 3 is 2.88 bits per heavy atom. The summed E-state index contributed by atoms with van der Waals surface area (Å²) in [4.78, 5) is 18.3. The maximum Gasteiger partial charge on any atom is 0.345 e. The molecule has 1 fully saturated rings. The lowest BCUT2D eigenvalue weighted by Gasteiger charge is -2.23. The molecule has 0 radical (unpaired) electrons. The number of piperidine rings is 1. The first-order chi connectivity index (χ1) is 7.66. The Balaban J connectivity index is 2.29. The Hall–Kier alpha value is -1.16. The van der Waals surface area contributed by atoms with Gasteiger partial charge in [-0.1, -0.05) is 20.3 Å². The number of nitrogens with zero attached hydrogens (tertiary/aromatic N) is 1. The molecule has 1 aromatic heterocycles. The average molecular weight is 221 g/mol. The van der Waals surface area contributed by atoms with Crippen LogP contribution in [0.15, 0.2) is 10.9 Å². The van der Waals surface area contributed by atoms with Crippen LogP contribution in [0.2, 0.25) is 0 Å². The minimum atomic E-state index is -0.228. The number of H-pyrrole nitrogens is 1. The minimum Gasteiger partial charge on any atom is -0.309 e. The van der Waals surface area contributed by atoms with E-state index in [2.05, 4.69) is 29.1 Å². The average Bonchev–Trinajstić information content (AvgIpc) is 2.29. The van der Waals surface area contributed by atoms with E-state index in [0.29, 0.717) is 12.0 Å². The van der Waals surface area contributed by atoms with Crippen LogP contribution in [0.3, 0.4) is 0 Å². The summed E-state index contributed by atoms with van der Waals surface area (Å²) in [7, 11) is 0. The molecular formula is C12H19N3O. The van der Waals surface area contributed by atoms with Crippen LogP contribution in [0.5, 0.6) is 0 Å². The summed E-state index contributed by atoms with van der Waals surface area (Å²) < 4.78 is 0. The molecule has 2 rings (SSSR count). The topological polar surface area (TPSA) is 57.8 Å². The van der Waals surface area contributed by atoms with Gasteiger partial charge < -0.3 is 10.3 Å². The van der Waals surface area contributed by atoms with Gasteiger partial charge in [0.15, 0.2) is 0 Å². The van der Waals surface area contributed by atoms with Gasteiger partial charge in [0.05, 0.1) is 5.69 Å². The molecule has 0 saturated carbocycles. The van der Waals surface area contributed by atoms with Crippen molar-refractivity contribution in [3.05, 3.63) is 27.9 Å². The van der Waals surface area contributed by atoms with Gasteiger partial charge in [-0.2, -0.15) is 4.98 Å². The minimum absolute atomic E-state index is 0.228. The third-order valence-corrected chi connectivity index (χ3v) is 3.06. The van der Waals surface area contributed by atoms with Gasteiger partial charge in [0.25, 0.3) is 0 Å². The van der Waals surface area contributed by atoms with Crippen LogP contribution >= 0.6 is 0 Å². The van der Waals surface area contributed by atoms with Gasteiger partial charge in [-0.05, 0) is 31.4 Å². The van der Waals surface area contributed by atoms with Gasteiger partial charge in [-0.3, -0.25) is 0 Å². The summed E-state index contributed by atoms with van der Waals surface area (Å²) in [6.07, 6.45) is 3.54. The molecule has 16 heavy (non-hydrogen) atoms. The predicted molar refractivity (Wildman–Crippen MR) is 63.5 cm³/mol. The molecule has 2 heterocycles. The lowest BCUT2D eigenvalue weighted by atomic mass is 10.00. The van der Waals surface area contributed by atoms with Gasteiger partial charge in [0.2, 0.25) is 0 Å². The highest BCUT2D eigenvalue weighted by atomic mass is 16.1. The first-order valence-corrected chi connectivity index (χ1v) is 6.01. The van der Waals surface area contributed by atoms with Gasteiger partial charge in [0.1, 0.15) is 0 Å². The molecule has 1 saturated heterocycles. The summed E-state index contributed by atoms with van der Waals surface area (Å²) in [5.41, 5.74) is 1.64. The van der Waals surface area contributed by atoms with E-state index in [1.807, 2.05) is 6.07 Å². The van der Waals surface area contributed by atoms with Gasteiger partial charge >= 0.3 is 5.69 Å². The fraction of sp³-hybridized carbons (Fsp3) is 0.667. The van der Waals surface area contributed by atoms with E-state index in [-0.39, 0.29) is 5.69 Å². The fourth-order valence-corrected chi connectivity index (χ4v) is 2.10. The SMILES string of the molecule is CC(C)c1cc(C2CCCCN2)[nH]c(=O)n1. The van der Waals surface area contributed by atoms with Crippen molar-refractivity contribution in [1.29, 1.82) is 0 Å². The van der Waals surface area contributed by atoms with Crippen molar-refractivity contribution >= 4 is 0 Å². The Labute approximate surface area is 95.5 Å². The van der Waals surface area contributed by atoms with Crippen molar-refractivity contribution in [3.8, 4) is 0 Å². The molecule has 1 atom stereocenters. The fourth-order valence-electron chi connectivity index (χ4n) is 2.10. The largest absolute Gasteiger partial charge is 0.345 e. The zero-order chi connectivity index (χ0) is 11.5. The summed E-state index contributed by atoms with van der Waals surface area (Å²) in [6, 6.07) is 2.32. The molecule has 1 aliphatic heterocycles. The van der Waals surface area contributed by atoms with Gasteiger partial charge in [-0.25, -0.2) is 4.79 Å². The second-order valence-corrected chi connectivity index (χ2v) is 4.72. The molecule has 4 heteroatoms. The second kappa shape index (κ2) is 4.78. The van der Waals surface area contributed by atoms with Gasteiger partial charge in [-0.15, -0.1) is 0 Å². The van der Waals surface area contributed by atoms with E-state index in [1.165, 1.54) is 12.8 Å². The molecule has 2 N–H and O–H groups in total. The third-order valence-electron chi connectivity index (χ3n) is 3.06. The maximum absolute atomic E-state index is 11.5. The van der Waals surface area contributed by atoms with E-state index >= 15 is 0 Å². The summed E-state index contributed by atoms with van der Waals surface area (Å²) in [6.45, 7) is 5.14. The van der Waals surface area contributed by atoms with Crippen LogP contribution in [-0.2, 0) is 0 Å². The highest BCUT2D eigenvalue weighted by Crippen LogP contribution is 2.22. The van der Waals surface area contributed by atoms with E-state index in [1.54, 1.807) is 0 Å². The van der Waals surface area contributed by atoms with Crippen molar-refractivity contribution < 1.29 is 0 Å². The lowest BCUT2D eigenvalue weighted by Crippen LogP contribution is -2.30. The predicted octanol–water partition coefficient (Wildman–Crippen LogP) is 1.71. The Bertz CT molecular complexity index is 405. The van der Waals surface area contributed by atoms with Gasteiger partial charge in [0, 0.05) is 11.7 Å². The maximum atomic E-state index is 11.5. The Kier molecular flexibility index (Phi) is 3.39. The molecule has 0 amide bonds. The normalized spacial score (nSPS) is 21.3. The quantitative estimate of drug-likeness (QED) is 0.799. The van der Waals surface area contributed by atoms with Crippen LogP contribution in [-0.4, -0.2) is 16.5 Å². The smallest absolute Gasteiger partial charge is 0.309 e. The standard InChI is InChI=1S/C12H19N3O/c1-8(2)10-7-11(15-12(16)14-10)9-5-3-4-6-13-9/h7-9,13H,3-6H2,1-2H3,(H,14,15,16). The number of aromatic nitrogens is 2. The summed E-state index contributed by atoms with van der Waals surface area (Å²) >= 11 is 0. The zero-order valence-electron chi connectivity index (χ0n) is 9.92. The lowest BCUT2D eigenvalue weighted by molar-refractivity contribution is 0.403. The highest BCUT2D eigenvalue weighted by Gasteiger charge is 2.17. The first kappa shape index (κ1) is 11.3. The first-order valence-electron chi connectivity index (χ1n) is 6.01. The molecule has 4 nitrogen and oxygen atoms in total. The molecule has 0 bridgehead atoms. The number of hydrogen-bond acceptors (Lipinski definition) is 3. The van der Waals surface area contributed by atoms with Crippen LogP contribution in [0, 0.1) is 0 Å². The Morgan fingerprint density at radius 2 is 2.25 bits per heavy atom. The van der Waals surface area contributed by atoms with Crippen molar-refractivity contribution in [2.75, 3.05) is 6.54 Å². The van der Waals surface area contributed by atoms with E-state index in [9.17, 15) is 4.79 Å². The Morgan fingerprint density at radius 1 is 1.44 bits per heavy atom. The van der Waals surface area contributed by atoms with Crippen LogP contribution in [0.25, 0.3) is 0 Å². The molecule has 0 spiro atoms. The zero-order valence-corrected chi connectivity index (χ0v) is 9.92. The van der Waals surface area contributed by atoms with Crippen LogP contribution in [0.1, 0.15) is 56.5 Å². The number of rotatable bonds is 2. The third kappa shape index (κ3) is 2.50. The molecule has 88 valence electrons. The number of aromatic amines is 1. The molecule has 0 aromatic carbocycles. The number of hydrogen-bond donors (Lipinski definition) is 2. The van der Waals surface area contributed by atoms with E-state index in [4.69, 9.17) is 0 Å².